The molecule has 3 rings (SSSR count). The second kappa shape index (κ2) is 5.41. The largest absolute Gasteiger partial charge is 0.399 e. The molecule has 0 fully saturated rings. The second-order valence-electron chi connectivity index (χ2n) is 4.86. The Hall–Kier alpha value is -2.00. The molecule has 1 aromatic heterocycles. The third-order valence-electron chi connectivity index (χ3n) is 3.64. The van der Waals surface area contributed by atoms with Crippen molar-refractivity contribution < 1.29 is 0 Å². The number of nitriles is 1. The van der Waals surface area contributed by atoms with Crippen LogP contribution in [0.3, 0.4) is 0 Å². The Labute approximate surface area is 137 Å². The Bertz CT molecular complexity index is 854. The van der Waals surface area contributed by atoms with Gasteiger partial charge in [-0.1, -0.05) is 12.1 Å². The molecule has 0 saturated heterocycles. The van der Waals surface area contributed by atoms with Gasteiger partial charge in [0.25, 0.3) is 0 Å². The highest BCUT2D eigenvalue weighted by Crippen LogP contribution is 2.34. The molecular formula is C17H14IN3. The van der Waals surface area contributed by atoms with Crippen LogP contribution >= 0.6 is 22.6 Å². The van der Waals surface area contributed by atoms with E-state index in [-0.39, 0.29) is 0 Å². The molecule has 4 heteroatoms. The standard InChI is InChI=1S/C17H14IN3/c1-2-21-16-8-5-12(18)9-14(16)15(10-19)17(21)11-3-6-13(20)7-4-11/h3-9H,2,20H2,1H3. The van der Waals surface area contributed by atoms with E-state index in [9.17, 15) is 5.26 Å². The van der Waals surface area contributed by atoms with Gasteiger partial charge < -0.3 is 10.3 Å². The van der Waals surface area contributed by atoms with E-state index in [1.807, 2.05) is 24.3 Å². The Morgan fingerprint density at radius 2 is 1.90 bits per heavy atom. The first-order valence-electron chi connectivity index (χ1n) is 6.73. The molecular weight excluding hydrogens is 373 g/mol. The van der Waals surface area contributed by atoms with E-state index < -0.39 is 0 Å². The summed E-state index contributed by atoms with van der Waals surface area (Å²) in [6, 6.07) is 16.3. The molecule has 0 aliphatic rings. The lowest BCUT2D eigenvalue weighted by Crippen LogP contribution is -1.97. The normalized spacial score (nSPS) is 10.7. The Balaban J connectivity index is 2.40. The van der Waals surface area contributed by atoms with Crippen molar-refractivity contribution in [2.75, 3.05) is 5.73 Å². The van der Waals surface area contributed by atoms with Crippen LogP contribution < -0.4 is 5.73 Å². The van der Waals surface area contributed by atoms with Crippen molar-refractivity contribution >= 4 is 39.2 Å². The lowest BCUT2D eigenvalue weighted by atomic mass is 10.1. The predicted octanol–water partition coefficient (Wildman–Crippen LogP) is 4.39. The maximum Gasteiger partial charge on any atom is 0.102 e. The summed E-state index contributed by atoms with van der Waals surface area (Å²) >= 11 is 2.28. The van der Waals surface area contributed by atoms with Crippen LogP contribution in [-0.4, -0.2) is 4.57 Å². The molecule has 0 aliphatic carbocycles. The molecule has 0 atom stereocenters. The van der Waals surface area contributed by atoms with Gasteiger partial charge in [-0.15, -0.1) is 0 Å². The van der Waals surface area contributed by atoms with Gasteiger partial charge >= 0.3 is 0 Å². The van der Waals surface area contributed by atoms with Crippen molar-refractivity contribution in [1.82, 2.24) is 4.57 Å². The van der Waals surface area contributed by atoms with Crippen LogP contribution in [0.4, 0.5) is 5.69 Å². The predicted molar refractivity (Wildman–Crippen MR) is 94.9 cm³/mol. The number of halogens is 1. The minimum atomic E-state index is 0.728. The number of hydrogen-bond donors (Lipinski definition) is 1. The molecule has 2 aromatic carbocycles. The molecule has 3 aromatic rings. The van der Waals surface area contributed by atoms with Crippen LogP contribution in [-0.2, 0) is 6.54 Å². The van der Waals surface area contributed by atoms with Crippen molar-refractivity contribution in [1.29, 1.82) is 5.26 Å². The van der Waals surface area contributed by atoms with Crippen LogP contribution in [0.5, 0.6) is 0 Å². The monoisotopic (exact) mass is 387 g/mol. The number of rotatable bonds is 2. The van der Waals surface area contributed by atoms with Crippen molar-refractivity contribution in [3.05, 3.63) is 51.6 Å². The number of anilines is 1. The number of nitrogens with two attached hydrogens (primary N) is 1. The highest BCUT2D eigenvalue weighted by Gasteiger charge is 2.17. The Kier molecular flexibility index (Phi) is 3.60. The lowest BCUT2D eigenvalue weighted by molar-refractivity contribution is 0.804. The fourth-order valence-corrected chi connectivity index (χ4v) is 3.20. The SMILES string of the molecule is CCn1c(-c2ccc(N)cc2)c(C#N)c2cc(I)ccc21. The summed E-state index contributed by atoms with van der Waals surface area (Å²) in [5.41, 5.74) is 10.3. The molecule has 0 radical (unpaired) electrons. The van der Waals surface area contributed by atoms with E-state index in [0.29, 0.717) is 0 Å². The molecule has 0 amide bonds. The molecule has 0 bridgehead atoms. The van der Waals surface area contributed by atoms with Crippen molar-refractivity contribution in [3.8, 4) is 17.3 Å². The van der Waals surface area contributed by atoms with Gasteiger partial charge in [-0.2, -0.15) is 5.26 Å². The number of nitrogen functional groups attached to an aromatic ring is 1. The second-order valence-corrected chi connectivity index (χ2v) is 6.11. The number of hydrogen-bond acceptors (Lipinski definition) is 2. The Morgan fingerprint density at radius 1 is 1.19 bits per heavy atom. The molecule has 21 heavy (non-hydrogen) atoms. The van der Waals surface area contributed by atoms with Gasteiger partial charge in [-0.3, -0.25) is 0 Å². The first-order chi connectivity index (χ1) is 10.2. The third kappa shape index (κ3) is 2.28. The molecule has 0 spiro atoms. The van der Waals surface area contributed by atoms with Gasteiger partial charge in [0.1, 0.15) is 6.07 Å². The summed E-state index contributed by atoms with van der Waals surface area (Å²) in [7, 11) is 0. The van der Waals surface area contributed by atoms with Crippen LogP contribution in [0.15, 0.2) is 42.5 Å². The maximum absolute atomic E-state index is 9.64. The van der Waals surface area contributed by atoms with Gasteiger partial charge in [0.05, 0.1) is 11.3 Å². The number of benzene rings is 2. The minimum Gasteiger partial charge on any atom is -0.399 e. The van der Waals surface area contributed by atoms with Gasteiger partial charge in [-0.05, 0) is 65.4 Å². The summed E-state index contributed by atoms with van der Waals surface area (Å²) in [4.78, 5) is 0. The van der Waals surface area contributed by atoms with E-state index in [1.165, 1.54) is 0 Å². The van der Waals surface area contributed by atoms with Crippen LogP contribution in [0.1, 0.15) is 12.5 Å². The lowest BCUT2D eigenvalue weighted by Gasteiger charge is -2.08. The van der Waals surface area contributed by atoms with E-state index in [4.69, 9.17) is 5.73 Å². The highest BCUT2D eigenvalue weighted by molar-refractivity contribution is 14.1. The van der Waals surface area contributed by atoms with E-state index in [2.05, 4.69) is 58.4 Å². The molecule has 1 heterocycles. The quantitative estimate of drug-likeness (QED) is 0.524. The zero-order valence-electron chi connectivity index (χ0n) is 11.6. The van der Waals surface area contributed by atoms with E-state index >= 15 is 0 Å². The highest BCUT2D eigenvalue weighted by atomic mass is 127. The number of aryl methyl sites for hydroxylation is 1. The van der Waals surface area contributed by atoms with Gasteiger partial charge in [-0.25, -0.2) is 0 Å². The molecule has 0 unspecified atom stereocenters. The summed E-state index contributed by atoms with van der Waals surface area (Å²) in [6.45, 7) is 2.91. The van der Waals surface area contributed by atoms with E-state index in [1.54, 1.807) is 0 Å². The first-order valence-corrected chi connectivity index (χ1v) is 7.81. The van der Waals surface area contributed by atoms with Crippen LogP contribution in [0.25, 0.3) is 22.2 Å². The zero-order chi connectivity index (χ0) is 15.0. The molecule has 2 N–H and O–H groups in total. The number of nitrogens with zero attached hydrogens (tertiary/aromatic N) is 2. The zero-order valence-corrected chi connectivity index (χ0v) is 13.8. The van der Waals surface area contributed by atoms with Crippen molar-refractivity contribution in [2.45, 2.75) is 13.5 Å². The molecule has 0 saturated carbocycles. The van der Waals surface area contributed by atoms with Crippen LogP contribution in [0.2, 0.25) is 0 Å². The molecule has 3 nitrogen and oxygen atoms in total. The van der Waals surface area contributed by atoms with Gasteiger partial charge in [0.2, 0.25) is 0 Å². The van der Waals surface area contributed by atoms with Crippen LogP contribution in [0, 0.1) is 14.9 Å². The smallest absolute Gasteiger partial charge is 0.102 e. The summed E-state index contributed by atoms with van der Waals surface area (Å²) < 4.78 is 3.32. The Morgan fingerprint density at radius 3 is 2.52 bits per heavy atom. The van der Waals surface area contributed by atoms with E-state index in [0.717, 1.165) is 43.5 Å². The average Bonchev–Trinajstić information content (AvgIpc) is 2.80. The maximum atomic E-state index is 9.64. The van der Waals surface area contributed by atoms with Gasteiger partial charge in [0, 0.05) is 26.7 Å². The minimum absolute atomic E-state index is 0.728. The topological polar surface area (TPSA) is 54.7 Å². The molecule has 104 valence electrons. The first kappa shape index (κ1) is 14.0. The van der Waals surface area contributed by atoms with Crippen molar-refractivity contribution in [3.63, 3.8) is 0 Å². The number of fused-ring (bicyclic) bond motifs is 1. The molecule has 0 aliphatic heterocycles. The van der Waals surface area contributed by atoms with Gasteiger partial charge in [0.15, 0.2) is 0 Å². The third-order valence-corrected chi connectivity index (χ3v) is 4.31. The fraction of sp³-hybridized carbons (Fsp3) is 0.118. The summed E-state index contributed by atoms with van der Waals surface area (Å²) in [6.07, 6.45) is 0. The number of aromatic nitrogens is 1. The summed E-state index contributed by atoms with van der Waals surface area (Å²) in [5.74, 6) is 0. The average molecular weight is 387 g/mol. The summed E-state index contributed by atoms with van der Waals surface area (Å²) in [5, 5.41) is 10.7. The fourth-order valence-electron chi connectivity index (χ4n) is 2.71. The van der Waals surface area contributed by atoms with Crippen molar-refractivity contribution in [2.24, 2.45) is 0 Å².